The lowest BCUT2D eigenvalue weighted by atomic mass is 10.1. The van der Waals surface area contributed by atoms with Crippen molar-refractivity contribution in [2.24, 2.45) is 0 Å². The van der Waals surface area contributed by atoms with Gasteiger partial charge in [-0.2, -0.15) is 0 Å². The van der Waals surface area contributed by atoms with Crippen LogP contribution in [0.3, 0.4) is 0 Å². The van der Waals surface area contributed by atoms with Gasteiger partial charge in [0.05, 0.1) is 24.7 Å². The topological polar surface area (TPSA) is 105 Å². The predicted molar refractivity (Wildman–Crippen MR) is 117 cm³/mol. The Morgan fingerprint density at radius 2 is 1.47 bits per heavy atom. The molecule has 0 aliphatic heterocycles. The number of non-ortho nitro benzene ring substituents is 1. The van der Waals surface area contributed by atoms with Crippen molar-refractivity contribution in [3.05, 3.63) is 99.6 Å². The van der Waals surface area contributed by atoms with Crippen LogP contribution < -0.4 is 14.2 Å². The van der Waals surface area contributed by atoms with E-state index in [9.17, 15) is 19.7 Å². The zero-order valence-corrected chi connectivity index (χ0v) is 17.3. The molecule has 162 valence electrons. The molecule has 0 atom stereocenters. The molecule has 0 aliphatic rings. The van der Waals surface area contributed by atoms with Crippen molar-refractivity contribution in [2.45, 2.75) is 0 Å². The summed E-state index contributed by atoms with van der Waals surface area (Å²) in [7, 11) is 3.09. The standard InChI is InChI=1S/C24H19NO7/c1-30-21-13-7-17(23(15-21)31-2)8-14-22(26)16-5-11-20(12-6-16)32-24(27)18-3-9-19(10-4-18)25(28)29/h3-15H,1-2H3/b14-8+. The van der Waals surface area contributed by atoms with Crippen LogP contribution in [0.5, 0.6) is 17.2 Å². The lowest BCUT2D eigenvalue weighted by Crippen LogP contribution is -2.08. The molecule has 0 saturated carbocycles. The maximum Gasteiger partial charge on any atom is 0.343 e. The highest BCUT2D eigenvalue weighted by Crippen LogP contribution is 2.26. The number of nitrogens with zero attached hydrogens (tertiary/aromatic N) is 1. The Labute approximate surface area is 183 Å². The first kappa shape index (κ1) is 22.2. The number of nitro groups is 1. The minimum absolute atomic E-state index is 0.121. The summed E-state index contributed by atoms with van der Waals surface area (Å²) in [6, 6.07) is 16.4. The van der Waals surface area contributed by atoms with Crippen LogP contribution in [0.4, 0.5) is 5.69 Å². The number of ether oxygens (including phenoxy) is 3. The molecule has 32 heavy (non-hydrogen) atoms. The summed E-state index contributed by atoms with van der Waals surface area (Å²) in [6.45, 7) is 0. The summed E-state index contributed by atoms with van der Waals surface area (Å²) in [4.78, 5) is 34.8. The summed E-state index contributed by atoms with van der Waals surface area (Å²) in [5.41, 5.74) is 1.18. The lowest BCUT2D eigenvalue weighted by Gasteiger charge is -2.07. The maximum atomic E-state index is 12.5. The highest BCUT2D eigenvalue weighted by molar-refractivity contribution is 6.07. The Kier molecular flexibility index (Phi) is 6.97. The van der Waals surface area contributed by atoms with Gasteiger partial charge in [0, 0.05) is 29.3 Å². The second-order valence-corrected chi connectivity index (χ2v) is 6.52. The number of carbonyl (C=O) groups is 2. The third kappa shape index (κ3) is 5.37. The van der Waals surface area contributed by atoms with Gasteiger partial charge in [-0.25, -0.2) is 4.79 Å². The Morgan fingerprint density at radius 1 is 0.844 bits per heavy atom. The number of hydrogen-bond acceptors (Lipinski definition) is 7. The average Bonchev–Trinajstić information content (AvgIpc) is 2.82. The van der Waals surface area contributed by atoms with Gasteiger partial charge in [0.15, 0.2) is 5.78 Å². The number of ketones is 1. The molecular formula is C24H19NO7. The lowest BCUT2D eigenvalue weighted by molar-refractivity contribution is -0.384. The molecule has 8 heteroatoms. The fourth-order valence-corrected chi connectivity index (χ4v) is 2.79. The van der Waals surface area contributed by atoms with Crippen LogP contribution in [-0.2, 0) is 0 Å². The summed E-state index contributed by atoms with van der Waals surface area (Å²) in [5, 5.41) is 10.7. The van der Waals surface area contributed by atoms with Gasteiger partial charge >= 0.3 is 5.97 Å². The fourth-order valence-electron chi connectivity index (χ4n) is 2.79. The van der Waals surface area contributed by atoms with E-state index >= 15 is 0 Å². The van der Waals surface area contributed by atoms with Gasteiger partial charge in [0.2, 0.25) is 0 Å². The minimum atomic E-state index is -0.662. The van der Waals surface area contributed by atoms with Crippen LogP contribution in [0, 0.1) is 10.1 Å². The van der Waals surface area contributed by atoms with Crippen LogP contribution in [0.15, 0.2) is 72.8 Å². The van der Waals surface area contributed by atoms with E-state index in [1.165, 1.54) is 61.7 Å². The maximum absolute atomic E-state index is 12.5. The van der Waals surface area contributed by atoms with Gasteiger partial charge in [-0.05, 0) is 60.7 Å². The number of hydrogen-bond donors (Lipinski definition) is 0. The number of rotatable bonds is 8. The highest BCUT2D eigenvalue weighted by Gasteiger charge is 2.12. The quantitative estimate of drug-likeness (QED) is 0.126. The largest absolute Gasteiger partial charge is 0.497 e. The zero-order valence-electron chi connectivity index (χ0n) is 17.3. The van der Waals surface area contributed by atoms with E-state index in [0.29, 0.717) is 17.1 Å². The van der Waals surface area contributed by atoms with Gasteiger partial charge in [0.25, 0.3) is 5.69 Å². The van der Waals surface area contributed by atoms with Gasteiger partial charge in [-0.15, -0.1) is 0 Å². The molecular weight excluding hydrogens is 414 g/mol. The van der Waals surface area contributed by atoms with Crippen molar-refractivity contribution in [1.82, 2.24) is 0 Å². The Balaban J connectivity index is 1.66. The van der Waals surface area contributed by atoms with Crippen LogP contribution in [0.2, 0.25) is 0 Å². The smallest absolute Gasteiger partial charge is 0.343 e. The Hall–Kier alpha value is -4.46. The highest BCUT2D eigenvalue weighted by atomic mass is 16.6. The van der Waals surface area contributed by atoms with E-state index in [2.05, 4.69) is 0 Å². The second-order valence-electron chi connectivity index (χ2n) is 6.52. The predicted octanol–water partition coefficient (Wildman–Crippen LogP) is 4.73. The molecule has 0 radical (unpaired) electrons. The van der Waals surface area contributed by atoms with Crippen molar-refractivity contribution in [1.29, 1.82) is 0 Å². The van der Waals surface area contributed by atoms with Crippen LogP contribution in [0.1, 0.15) is 26.3 Å². The van der Waals surface area contributed by atoms with Gasteiger partial charge in [-0.3, -0.25) is 14.9 Å². The molecule has 3 aromatic rings. The molecule has 3 rings (SSSR count). The Morgan fingerprint density at radius 3 is 2.06 bits per heavy atom. The number of methoxy groups -OCH3 is 2. The molecule has 0 saturated heterocycles. The fraction of sp³-hybridized carbons (Fsp3) is 0.0833. The first-order valence-electron chi connectivity index (χ1n) is 9.42. The van der Waals surface area contributed by atoms with E-state index in [-0.39, 0.29) is 22.8 Å². The SMILES string of the molecule is COc1ccc(/C=C/C(=O)c2ccc(OC(=O)c3ccc([N+](=O)[O-])cc3)cc2)c(OC)c1. The van der Waals surface area contributed by atoms with Crippen molar-refractivity contribution in [3.63, 3.8) is 0 Å². The van der Waals surface area contributed by atoms with E-state index in [1.807, 2.05) is 0 Å². The number of nitro benzene ring substituents is 1. The molecule has 0 spiro atoms. The molecule has 0 N–H and O–H groups in total. The molecule has 0 amide bonds. The van der Waals surface area contributed by atoms with E-state index < -0.39 is 10.9 Å². The molecule has 0 aromatic heterocycles. The molecule has 0 fully saturated rings. The van der Waals surface area contributed by atoms with Gasteiger partial charge < -0.3 is 14.2 Å². The molecule has 0 heterocycles. The van der Waals surface area contributed by atoms with E-state index in [1.54, 1.807) is 31.4 Å². The van der Waals surface area contributed by atoms with Crippen molar-refractivity contribution < 1.29 is 28.7 Å². The number of benzene rings is 3. The summed E-state index contributed by atoms with van der Waals surface area (Å²) < 4.78 is 15.7. The van der Waals surface area contributed by atoms with E-state index in [0.717, 1.165) is 5.56 Å². The monoisotopic (exact) mass is 433 g/mol. The van der Waals surface area contributed by atoms with Crippen molar-refractivity contribution in [3.8, 4) is 17.2 Å². The molecule has 0 bridgehead atoms. The number of allylic oxidation sites excluding steroid dienone is 1. The molecule has 8 nitrogen and oxygen atoms in total. The molecule has 0 unspecified atom stereocenters. The van der Waals surface area contributed by atoms with E-state index in [4.69, 9.17) is 14.2 Å². The van der Waals surface area contributed by atoms with Crippen molar-refractivity contribution >= 4 is 23.5 Å². The number of carbonyl (C=O) groups excluding carboxylic acids is 2. The normalized spacial score (nSPS) is 10.6. The molecule has 0 aliphatic carbocycles. The number of esters is 1. The van der Waals surface area contributed by atoms with Gasteiger partial charge in [0.1, 0.15) is 17.2 Å². The van der Waals surface area contributed by atoms with Crippen LogP contribution >= 0.6 is 0 Å². The first-order valence-corrected chi connectivity index (χ1v) is 9.42. The first-order chi connectivity index (χ1) is 15.4. The molecule has 3 aromatic carbocycles. The third-order valence-corrected chi connectivity index (χ3v) is 4.52. The summed E-state index contributed by atoms with van der Waals surface area (Å²) in [5.74, 6) is 0.554. The third-order valence-electron chi connectivity index (χ3n) is 4.52. The van der Waals surface area contributed by atoms with Gasteiger partial charge in [-0.1, -0.05) is 0 Å². The van der Waals surface area contributed by atoms with Crippen molar-refractivity contribution in [2.75, 3.05) is 14.2 Å². The minimum Gasteiger partial charge on any atom is -0.497 e. The van der Waals surface area contributed by atoms with Crippen LogP contribution in [-0.4, -0.2) is 30.9 Å². The Bertz CT molecular complexity index is 1170. The second kappa shape index (κ2) is 10.0. The summed E-state index contributed by atoms with van der Waals surface area (Å²) >= 11 is 0. The summed E-state index contributed by atoms with van der Waals surface area (Å²) in [6.07, 6.45) is 3.06. The van der Waals surface area contributed by atoms with Crippen LogP contribution in [0.25, 0.3) is 6.08 Å². The average molecular weight is 433 g/mol. The zero-order chi connectivity index (χ0) is 23.1.